The summed E-state index contributed by atoms with van der Waals surface area (Å²) < 4.78 is 0. The third-order valence-corrected chi connectivity index (χ3v) is 3.74. The van der Waals surface area contributed by atoms with E-state index >= 15 is 0 Å². The molecule has 0 bridgehead atoms. The maximum atomic E-state index is 6.10. The SMILES string of the molecule is CNCc1nc(N(C)CC2CCC2)ccc1Cl. The maximum absolute atomic E-state index is 6.10. The Balaban J connectivity index is 2.05. The van der Waals surface area contributed by atoms with Crippen LogP contribution >= 0.6 is 11.6 Å². The molecule has 1 aliphatic carbocycles. The first-order valence-corrected chi connectivity index (χ1v) is 6.59. The predicted molar refractivity (Wildman–Crippen MR) is 72.6 cm³/mol. The van der Waals surface area contributed by atoms with Crippen molar-refractivity contribution < 1.29 is 0 Å². The Hall–Kier alpha value is -0.800. The van der Waals surface area contributed by atoms with Gasteiger partial charge in [-0.25, -0.2) is 4.98 Å². The lowest BCUT2D eigenvalue weighted by Gasteiger charge is -2.30. The fourth-order valence-electron chi connectivity index (χ4n) is 2.13. The van der Waals surface area contributed by atoms with Gasteiger partial charge < -0.3 is 10.2 Å². The van der Waals surface area contributed by atoms with E-state index in [2.05, 4.69) is 22.2 Å². The fourth-order valence-corrected chi connectivity index (χ4v) is 2.31. The lowest BCUT2D eigenvalue weighted by atomic mass is 9.85. The Morgan fingerprint density at radius 1 is 1.47 bits per heavy atom. The smallest absolute Gasteiger partial charge is 0.128 e. The number of rotatable bonds is 5. The van der Waals surface area contributed by atoms with E-state index in [1.165, 1.54) is 19.3 Å². The quantitative estimate of drug-likeness (QED) is 0.875. The van der Waals surface area contributed by atoms with Crippen LogP contribution < -0.4 is 10.2 Å². The second-order valence-corrected chi connectivity index (χ2v) is 5.21. The summed E-state index contributed by atoms with van der Waals surface area (Å²) in [4.78, 5) is 6.84. The van der Waals surface area contributed by atoms with Crippen molar-refractivity contribution >= 4 is 17.4 Å². The summed E-state index contributed by atoms with van der Waals surface area (Å²) in [5.74, 6) is 1.87. The number of hydrogen-bond acceptors (Lipinski definition) is 3. The molecule has 1 aliphatic rings. The summed E-state index contributed by atoms with van der Waals surface area (Å²) in [6, 6.07) is 3.94. The van der Waals surface area contributed by atoms with Gasteiger partial charge in [0, 0.05) is 20.1 Å². The molecule has 3 nitrogen and oxygen atoms in total. The van der Waals surface area contributed by atoms with E-state index in [4.69, 9.17) is 11.6 Å². The van der Waals surface area contributed by atoms with Crippen molar-refractivity contribution in [1.29, 1.82) is 0 Å². The molecular formula is C13H20ClN3. The van der Waals surface area contributed by atoms with Crippen LogP contribution in [-0.4, -0.2) is 25.6 Å². The van der Waals surface area contributed by atoms with Crippen LogP contribution in [0.1, 0.15) is 25.0 Å². The van der Waals surface area contributed by atoms with E-state index in [9.17, 15) is 0 Å². The van der Waals surface area contributed by atoms with Gasteiger partial charge in [-0.2, -0.15) is 0 Å². The standard InChI is InChI=1S/C13H20ClN3/c1-15-8-12-11(14)6-7-13(16-12)17(2)9-10-4-3-5-10/h6-7,10,15H,3-5,8-9H2,1-2H3. The summed E-state index contributed by atoms with van der Waals surface area (Å²) in [5.41, 5.74) is 0.923. The van der Waals surface area contributed by atoms with Crippen molar-refractivity contribution in [2.45, 2.75) is 25.8 Å². The lowest BCUT2D eigenvalue weighted by Crippen LogP contribution is -2.30. The maximum Gasteiger partial charge on any atom is 0.128 e. The van der Waals surface area contributed by atoms with Crippen LogP contribution in [0.2, 0.25) is 5.02 Å². The van der Waals surface area contributed by atoms with Gasteiger partial charge in [0.25, 0.3) is 0 Å². The molecule has 0 amide bonds. The Morgan fingerprint density at radius 2 is 2.24 bits per heavy atom. The number of aromatic nitrogens is 1. The van der Waals surface area contributed by atoms with E-state index < -0.39 is 0 Å². The van der Waals surface area contributed by atoms with Gasteiger partial charge in [-0.1, -0.05) is 18.0 Å². The molecule has 4 heteroatoms. The number of nitrogens with one attached hydrogen (secondary N) is 1. The van der Waals surface area contributed by atoms with Gasteiger partial charge in [0.15, 0.2) is 0 Å². The molecule has 0 saturated heterocycles. The van der Waals surface area contributed by atoms with Crippen LogP contribution in [0, 0.1) is 5.92 Å². The highest BCUT2D eigenvalue weighted by Crippen LogP contribution is 2.28. The molecule has 2 rings (SSSR count). The minimum atomic E-state index is 0.712. The number of pyridine rings is 1. The van der Waals surface area contributed by atoms with Crippen molar-refractivity contribution in [1.82, 2.24) is 10.3 Å². The van der Waals surface area contributed by atoms with Crippen LogP contribution in [0.5, 0.6) is 0 Å². The lowest BCUT2D eigenvalue weighted by molar-refractivity contribution is 0.321. The van der Waals surface area contributed by atoms with Gasteiger partial charge in [0.05, 0.1) is 10.7 Å². The minimum absolute atomic E-state index is 0.712. The van der Waals surface area contributed by atoms with Crippen molar-refractivity contribution in [3.8, 4) is 0 Å². The van der Waals surface area contributed by atoms with E-state index in [1.54, 1.807) is 0 Å². The Morgan fingerprint density at radius 3 is 2.82 bits per heavy atom. The highest BCUT2D eigenvalue weighted by atomic mass is 35.5. The van der Waals surface area contributed by atoms with Crippen LogP contribution in [0.25, 0.3) is 0 Å². The predicted octanol–water partition coefficient (Wildman–Crippen LogP) is 2.69. The van der Waals surface area contributed by atoms with Crippen LogP contribution in [-0.2, 0) is 6.54 Å². The molecule has 0 aromatic carbocycles. The molecule has 0 unspecified atom stereocenters. The van der Waals surface area contributed by atoms with Gasteiger partial charge in [0.1, 0.15) is 5.82 Å². The Labute approximate surface area is 108 Å². The molecule has 94 valence electrons. The van der Waals surface area contributed by atoms with Crippen LogP contribution in [0.4, 0.5) is 5.82 Å². The molecule has 1 saturated carbocycles. The van der Waals surface area contributed by atoms with Crippen molar-refractivity contribution in [3.05, 3.63) is 22.8 Å². The zero-order valence-corrected chi connectivity index (χ0v) is 11.3. The number of anilines is 1. The second kappa shape index (κ2) is 5.69. The second-order valence-electron chi connectivity index (χ2n) is 4.81. The van der Waals surface area contributed by atoms with E-state index in [0.717, 1.165) is 29.0 Å². The minimum Gasteiger partial charge on any atom is -0.359 e. The van der Waals surface area contributed by atoms with Crippen molar-refractivity contribution in [2.75, 3.05) is 25.5 Å². The molecule has 1 aromatic rings. The number of nitrogens with zero attached hydrogens (tertiary/aromatic N) is 2. The molecule has 17 heavy (non-hydrogen) atoms. The van der Waals surface area contributed by atoms with Gasteiger partial charge in [-0.05, 0) is 37.9 Å². The largest absolute Gasteiger partial charge is 0.359 e. The summed E-state index contributed by atoms with van der Waals surface area (Å²) >= 11 is 6.10. The summed E-state index contributed by atoms with van der Waals surface area (Å²) in [5, 5.41) is 3.82. The highest BCUT2D eigenvalue weighted by Gasteiger charge is 2.19. The Kier molecular flexibility index (Phi) is 4.24. The van der Waals surface area contributed by atoms with Gasteiger partial charge in [-0.15, -0.1) is 0 Å². The third-order valence-electron chi connectivity index (χ3n) is 3.40. The number of hydrogen-bond donors (Lipinski definition) is 1. The molecule has 1 N–H and O–H groups in total. The third kappa shape index (κ3) is 3.11. The van der Waals surface area contributed by atoms with Gasteiger partial charge in [0.2, 0.25) is 0 Å². The first-order chi connectivity index (χ1) is 8.20. The number of halogens is 1. The molecule has 0 radical (unpaired) electrons. The average molecular weight is 254 g/mol. The first-order valence-electron chi connectivity index (χ1n) is 6.22. The first kappa shape index (κ1) is 12.7. The summed E-state index contributed by atoms with van der Waals surface area (Å²) in [7, 11) is 4.01. The van der Waals surface area contributed by atoms with E-state index in [0.29, 0.717) is 6.54 Å². The topological polar surface area (TPSA) is 28.2 Å². The molecule has 0 spiro atoms. The van der Waals surface area contributed by atoms with Crippen molar-refractivity contribution in [3.63, 3.8) is 0 Å². The normalized spacial score (nSPS) is 15.7. The molecule has 1 fully saturated rings. The van der Waals surface area contributed by atoms with Gasteiger partial charge >= 0.3 is 0 Å². The van der Waals surface area contributed by atoms with E-state index in [1.807, 2.05) is 19.2 Å². The monoisotopic (exact) mass is 253 g/mol. The molecule has 0 aliphatic heterocycles. The zero-order valence-electron chi connectivity index (χ0n) is 10.5. The highest BCUT2D eigenvalue weighted by molar-refractivity contribution is 6.31. The molecule has 1 aromatic heterocycles. The summed E-state index contributed by atoms with van der Waals surface area (Å²) in [6.45, 7) is 1.82. The van der Waals surface area contributed by atoms with E-state index in [-0.39, 0.29) is 0 Å². The molecule has 1 heterocycles. The van der Waals surface area contributed by atoms with Crippen LogP contribution in [0.3, 0.4) is 0 Å². The molecular weight excluding hydrogens is 234 g/mol. The van der Waals surface area contributed by atoms with Gasteiger partial charge in [-0.3, -0.25) is 0 Å². The summed E-state index contributed by atoms with van der Waals surface area (Å²) in [6.07, 6.45) is 4.11. The average Bonchev–Trinajstić information content (AvgIpc) is 2.26. The van der Waals surface area contributed by atoms with Crippen molar-refractivity contribution in [2.24, 2.45) is 5.92 Å². The zero-order chi connectivity index (χ0) is 12.3. The Bertz CT molecular complexity index is 377. The van der Waals surface area contributed by atoms with Crippen LogP contribution in [0.15, 0.2) is 12.1 Å². The fraction of sp³-hybridized carbons (Fsp3) is 0.615. The molecule has 0 atom stereocenters.